The first kappa shape index (κ1) is 17.9. The fraction of sp³-hybridized carbons (Fsp3) is 0.750. The zero-order valence-electron chi connectivity index (χ0n) is 14.1. The Bertz CT molecular complexity index is 362. The topological polar surface area (TPSA) is 4.93 Å². The fourth-order valence-corrected chi connectivity index (χ4v) is 12.9. The van der Waals surface area contributed by atoms with E-state index in [1.54, 1.807) is 7.42 Å². The second-order valence-electron chi connectivity index (χ2n) is 7.82. The average molecular weight is 477 g/mol. The van der Waals surface area contributed by atoms with Gasteiger partial charge in [0.1, 0.15) is 0 Å². The number of aromatic nitrogens is 1. The van der Waals surface area contributed by atoms with Crippen molar-refractivity contribution in [2.45, 2.75) is 68.8 Å². The van der Waals surface area contributed by atoms with Crippen molar-refractivity contribution in [2.24, 2.45) is 0 Å². The fourth-order valence-electron chi connectivity index (χ4n) is 2.71. The molecule has 0 bridgehead atoms. The summed E-state index contributed by atoms with van der Waals surface area (Å²) in [5.41, 5.74) is 0. The van der Waals surface area contributed by atoms with Gasteiger partial charge in [-0.1, -0.05) is 0 Å². The Hall–Kier alpha value is 0.877. The van der Waals surface area contributed by atoms with E-state index in [4.69, 9.17) is 0 Å². The molecule has 110 valence electrons. The zero-order valence-corrected chi connectivity index (χ0v) is 19.8. The van der Waals surface area contributed by atoms with Crippen molar-refractivity contribution in [1.82, 2.24) is 4.57 Å². The summed E-state index contributed by atoms with van der Waals surface area (Å²) in [6.07, 6.45) is 5.49. The quantitative estimate of drug-likeness (QED) is 0.411. The van der Waals surface area contributed by atoms with Crippen molar-refractivity contribution in [2.75, 3.05) is 0 Å². The molecule has 0 atom stereocenters. The minimum absolute atomic E-state index is 1.28. The molecule has 0 aliphatic carbocycles. The van der Waals surface area contributed by atoms with Crippen LogP contribution in [0.2, 0.25) is 29.6 Å². The van der Waals surface area contributed by atoms with Gasteiger partial charge in [0.15, 0.2) is 0 Å². The van der Waals surface area contributed by atoms with E-state index in [1.165, 1.54) is 32.2 Å². The first-order valence-electron chi connectivity index (χ1n) is 7.88. The second kappa shape index (κ2) is 7.23. The molecule has 0 N–H and O–H groups in total. The van der Waals surface area contributed by atoms with Gasteiger partial charge in [0.25, 0.3) is 0 Å². The van der Waals surface area contributed by atoms with Crippen LogP contribution in [-0.4, -0.2) is 41.3 Å². The van der Waals surface area contributed by atoms with E-state index >= 15 is 0 Å². The van der Waals surface area contributed by atoms with Crippen molar-refractivity contribution in [3.8, 4) is 0 Å². The van der Waals surface area contributed by atoms with Crippen LogP contribution in [0, 0.1) is 0 Å². The van der Waals surface area contributed by atoms with Crippen LogP contribution in [0.4, 0.5) is 0 Å². The summed E-state index contributed by atoms with van der Waals surface area (Å²) in [6.45, 7) is 3.57. The summed E-state index contributed by atoms with van der Waals surface area (Å²) in [7, 11) is 0. The van der Waals surface area contributed by atoms with E-state index in [1.807, 2.05) is 0 Å². The first-order valence-corrected chi connectivity index (χ1v) is 27.9. The first-order chi connectivity index (χ1) is 8.68. The van der Waals surface area contributed by atoms with Crippen molar-refractivity contribution in [3.63, 3.8) is 0 Å². The molecular weight excluding hydrogens is 444 g/mol. The van der Waals surface area contributed by atoms with Gasteiger partial charge in [-0.2, -0.15) is 0 Å². The number of hydrogen-bond acceptors (Lipinski definition) is 0. The number of nitrogens with zero attached hydrogens (tertiary/aromatic N) is 1. The molecular formula is C16H33NSn2. The van der Waals surface area contributed by atoms with Crippen molar-refractivity contribution >= 4 is 44.2 Å². The van der Waals surface area contributed by atoms with Crippen molar-refractivity contribution < 1.29 is 0 Å². The van der Waals surface area contributed by atoms with E-state index in [2.05, 4.69) is 53.3 Å². The predicted octanol–water partition coefficient (Wildman–Crippen LogP) is 4.16. The Morgan fingerprint density at radius 1 is 0.789 bits per heavy atom. The number of hydrogen-bond donors (Lipinski definition) is 0. The van der Waals surface area contributed by atoms with Gasteiger partial charge in [0, 0.05) is 0 Å². The minimum atomic E-state index is -1.96. The van der Waals surface area contributed by atoms with Crippen LogP contribution in [0.1, 0.15) is 32.6 Å². The summed E-state index contributed by atoms with van der Waals surface area (Å²) < 4.78 is 6.25. The predicted molar refractivity (Wildman–Crippen MR) is 94.5 cm³/mol. The van der Waals surface area contributed by atoms with Gasteiger partial charge in [0.05, 0.1) is 0 Å². The Kier molecular flexibility index (Phi) is 6.83. The second-order valence-corrected chi connectivity index (χ2v) is 36.4. The van der Waals surface area contributed by atoms with Gasteiger partial charge in [0.2, 0.25) is 0 Å². The Morgan fingerprint density at radius 3 is 1.63 bits per heavy atom. The zero-order chi connectivity index (χ0) is 14.7. The van der Waals surface area contributed by atoms with Crippen LogP contribution < -0.4 is 7.42 Å². The summed E-state index contributed by atoms with van der Waals surface area (Å²) in [5.74, 6) is 0. The monoisotopic (exact) mass is 479 g/mol. The molecule has 0 radical (unpaired) electrons. The Morgan fingerprint density at radius 2 is 1.26 bits per heavy atom. The average Bonchev–Trinajstić information content (AvgIpc) is 2.67. The molecule has 0 amide bonds. The maximum absolute atomic E-state index is 2.77. The summed E-state index contributed by atoms with van der Waals surface area (Å²) in [4.78, 5) is 15.3. The van der Waals surface area contributed by atoms with Crippen LogP contribution in [-0.2, 0) is 6.54 Å². The van der Waals surface area contributed by atoms with E-state index in [9.17, 15) is 0 Å². The van der Waals surface area contributed by atoms with E-state index < -0.39 is 36.8 Å². The molecule has 0 saturated heterocycles. The number of unbranched alkanes of at least 4 members (excludes halogenated alkanes) is 3. The number of rotatable bonds is 7. The molecule has 0 saturated carbocycles. The van der Waals surface area contributed by atoms with Gasteiger partial charge in [-0.3, -0.25) is 0 Å². The molecule has 1 rings (SSSR count). The van der Waals surface area contributed by atoms with Crippen molar-refractivity contribution in [1.29, 1.82) is 0 Å². The van der Waals surface area contributed by atoms with E-state index in [-0.39, 0.29) is 0 Å². The molecule has 1 aromatic heterocycles. The molecule has 0 aliphatic heterocycles. The summed E-state index contributed by atoms with van der Waals surface area (Å²) in [5, 5.41) is 0. The van der Waals surface area contributed by atoms with Gasteiger partial charge in [-0.05, 0) is 0 Å². The van der Waals surface area contributed by atoms with Crippen LogP contribution >= 0.6 is 0 Å². The summed E-state index contributed by atoms with van der Waals surface area (Å²) in [6, 6.07) is 4.96. The third kappa shape index (κ3) is 5.29. The molecule has 19 heavy (non-hydrogen) atoms. The van der Waals surface area contributed by atoms with E-state index in [0.717, 1.165) is 0 Å². The van der Waals surface area contributed by atoms with Crippen LogP contribution in [0.3, 0.4) is 0 Å². The third-order valence-electron chi connectivity index (χ3n) is 3.75. The van der Waals surface area contributed by atoms with Crippen LogP contribution in [0.5, 0.6) is 0 Å². The summed E-state index contributed by atoms with van der Waals surface area (Å²) >= 11 is -3.92. The Balaban J connectivity index is 2.98. The standard InChI is InChI=1S/C10H15N.6CH3.2Sn/c1-2-3-4-5-8-11-9-6-7-10-11;;;;;;;;/h6-7H,2-5,8H2,1H3;6*1H3;;. The maximum atomic E-state index is 2.77. The van der Waals surface area contributed by atoms with Crippen molar-refractivity contribution in [3.05, 3.63) is 12.1 Å². The van der Waals surface area contributed by atoms with Gasteiger partial charge in [-0.25, -0.2) is 0 Å². The molecule has 1 heterocycles. The molecule has 1 nitrogen and oxygen atoms in total. The third-order valence-corrected chi connectivity index (χ3v) is 15.0. The van der Waals surface area contributed by atoms with Gasteiger partial charge in [-0.15, -0.1) is 0 Å². The van der Waals surface area contributed by atoms with Crippen LogP contribution in [0.25, 0.3) is 0 Å². The Labute approximate surface area is 128 Å². The SMILES string of the molecule is CCCCCCn1[c]([Sn]([CH3])([CH3])[CH3])cc[c]1[Sn]([CH3])([CH3])[CH3]. The molecule has 0 spiro atoms. The molecule has 0 aromatic carbocycles. The van der Waals surface area contributed by atoms with E-state index in [0.29, 0.717) is 0 Å². The van der Waals surface area contributed by atoms with Gasteiger partial charge >= 0.3 is 130 Å². The molecule has 0 unspecified atom stereocenters. The molecule has 0 fully saturated rings. The molecule has 3 heteroatoms. The van der Waals surface area contributed by atoms with Gasteiger partial charge < -0.3 is 0 Å². The van der Waals surface area contributed by atoms with Crippen LogP contribution in [0.15, 0.2) is 12.1 Å². The normalized spacial score (nSPS) is 13.0. The molecule has 1 aromatic rings. The molecule has 0 aliphatic rings.